The highest BCUT2D eigenvalue weighted by Gasteiger charge is 2.20. The Labute approximate surface area is 165 Å². The molecule has 27 heavy (non-hydrogen) atoms. The molecule has 1 heterocycles. The lowest BCUT2D eigenvalue weighted by molar-refractivity contribution is 0.0532. The molecule has 0 bridgehead atoms. The number of piperidine rings is 1. The number of guanidine groups is 1. The van der Waals surface area contributed by atoms with Gasteiger partial charge in [-0.25, -0.2) is 0 Å². The van der Waals surface area contributed by atoms with E-state index in [1.54, 1.807) is 0 Å². The molecule has 1 atom stereocenters. The van der Waals surface area contributed by atoms with Crippen molar-refractivity contribution in [3.05, 3.63) is 35.4 Å². The molecular formula is C22H38N4O. The Bertz CT molecular complexity index is 579. The SMILES string of the molecule is CN=C(NCC(C)c1cccc(C)c1)NC1CCN(CCOC(C)C)CC1. The number of benzene rings is 1. The van der Waals surface area contributed by atoms with Crippen LogP contribution >= 0.6 is 0 Å². The zero-order chi connectivity index (χ0) is 19.6. The van der Waals surface area contributed by atoms with E-state index < -0.39 is 0 Å². The number of likely N-dealkylation sites (tertiary alicyclic amines) is 1. The normalized spacial score (nSPS) is 17.9. The van der Waals surface area contributed by atoms with E-state index in [1.807, 2.05) is 7.05 Å². The number of nitrogens with one attached hydrogen (secondary N) is 2. The third-order valence-corrected chi connectivity index (χ3v) is 5.20. The van der Waals surface area contributed by atoms with Gasteiger partial charge in [0.15, 0.2) is 5.96 Å². The van der Waals surface area contributed by atoms with Crippen molar-refractivity contribution in [2.24, 2.45) is 4.99 Å². The van der Waals surface area contributed by atoms with E-state index in [4.69, 9.17) is 4.74 Å². The first-order valence-corrected chi connectivity index (χ1v) is 10.4. The number of hydrogen-bond acceptors (Lipinski definition) is 3. The molecule has 0 spiro atoms. The van der Waals surface area contributed by atoms with Crippen molar-refractivity contribution >= 4 is 5.96 Å². The Morgan fingerprint density at radius 2 is 2.00 bits per heavy atom. The van der Waals surface area contributed by atoms with E-state index >= 15 is 0 Å². The first-order valence-electron chi connectivity index (χ1n) is 10.4. The lowest BCUT2D eigenvalue weighted by atomic mass is 9.99. The zero-order valence-corrected chi connectivity index (χ0v) is 17.8. The van der Waals surface area contributed by atoms with Crippen LogP contribution in [-0.2, 0) is 4.74 Å². The summed E-state index contributed by atoms with van der Waals surface area (Å²) in [6, 6.07) is 9.24. The van der Waals surface area contributed by atoms with Crippen molar-refractivity contribution in [3.8, 4) is 0 Å². The molecule has 0 aliphatic carbocycles. The fraction of sp³-hybridized carbons (Fsp3) is 0.682. The number of ether oxygens (including phenoxy) is 1. The van der Waals surface area contributed by atoms with Crippen LogP contribution in [0.3, 0.4) is 0 Å². The molecule has 5 nitrogen and oxygen atoms in total. The van der Waals surface area contributed by atoms with Crippen LogP contribution in [0.2, 0.25) is 0 Å². The summed E-state index contributed by atoms with van der Waals surface area (Å²) < 4.78 is 5.67. The summed E-state index contributed by atoms with van der Waals surface area (Å²) in [5, 5.41) is 7.10. The lowest BCUT2D eigenvalue weighted by Gasteiger charge is -2.33. The van der Waals surface area contributed by atoms with Gasteiger partial charge in [-0.3, -0.25) is 4.99 Å². The Morgan fingerprint density at radius 3 is 2.63 bits per heavy atom. The van der Waals surface area contributed by atoms with Crippen molar-refractivity contribution in [2.75, 3.05) is 39.8 Å². The molecule has 1 aliphatic rings. The quantitative estimate of drug-likeness (QED) is 0.542. The molecule has 2 N–H and O–H groups in total. The van der Waals surface area contributed by atoms with Gasteiger partial charge in [-0.1, -0.05) is 36.8 Å². The fourth-order valence-corrected chi connectivity index (χ4v) is 3.45. The maximum atomic E-state index is 5.67. The summed E-state index contributed by atoms with van der Waals surface area (Å²) in [5.74, 6) is 1.36. The Morgan fingerprint density at radius 1 is 1.26 bits per heavy atom. The molecule has 2 rings (SSSR count). The van der Waals surface area contributed by atoms with E-state index in [0.29, 0.717) is 18.1 Å². The molecule has 1 aliphatic heterocycles. The highest BCUT2D eigenvalue weighted by atomic mass is 16.5. The summed E-state index contributed by atoms with van der Waals surface area (Å²) in [6.45, 7) is 13.6. The van der Waals surface area contributed by atoms with Crippen molar-refractivity contribution in [3.63, 3.8) is 0 Å². The molecule has 1 saturated heterocycles. The Balaban J connectivity index is 1.70. The first kappa shape index (κ1) is 21.7. The first-order chi connectivity index (χ1) is 13.0. The molecule has 0 amide bonds. The summed E-state index contributed by atoms with van der Waals surface area (Å²) in [6.07, 6.45) is 2.62. The van der Waals surface area contributed by atoms with E-state index in [2.05, 4.69) is 72.5 Å². The minimum absolute atomic E-state index is 0.320. The zero-order valence-electron chi connectivity index (χ0n) is 17.8. The van der Waals surface area contributed by atoms with E-state index in [0.717, 1.165) is 51.6 Å². The second kappa shape index (κ2) is 11.3. The Hall–Kier alpha value is -1.59. The van der Waals surface area contributed by atoms with Gasteiger partial charge in [-0.15, -0.1) is 0 Å². The van der Waals surface area contributed by atoms with Crippen molar-refractivity contribution in [2.45, 2.75) is 58.6 Å². The molecule has 5 heteroatoms. The summed E-state index contributed by atoms with van der Waals surface area (Å²) in [4.78, 5) is 6.91. The van der Waals surface area contributed by atoms with Crippen LogP contribution < -0.4 is 10.6 Å². The maximum absolute atomic E-state index is 5.67. The summed E-state index contributed by atoms with van der Waals surface area (Å²) in [7, 11) is 1.85. The summed E-state index contributed by atoms with van der Waals surface area (Å²) in [5.41, 5.74) is 2.68. The van der Waals surface area contributed by atoms with Crippen LogP contribution in [0.25, 0.3) is 0 Å². The lowest BCUT2D eigenvalue weighted by Crippen LogP contribution is -2.49. The molecule has 152 valence electrons. The van der Waals surface area contributed by atoms with Gasteiger partial charge in [0.1, 0.15) is 0 Å². The fourth-order valence-electron chi connectivity index (χ4n) is 3.45. The van der Waals surface area contributed by atoms with Gasteiger partial charge in [0.05, 0.1) is 12.7 Å². The van der Waals surface area contributed by atoms with Crippen molar-refractivity contribution in [1.29, 1.82) is 0 Å². The molecule has 1 unspecified atom stereocenters. The molecule has 1 fully saturated rings. The molecule has 0 aromatic heterocycles. The van der Waals surface area contributed by atoms with Crippen LogP contribution in [-0.4, -0.2) is 62.8 Å². The van der Waals surface area contributed by atoms with E-state index in [-0.39, 0.29) is 0 Å². The van der Waals surface area contributed by atoms with Gasteiger partial charge in [0.2, 0.25) is 0 Å². The van der Waals surface area contributed by atoms with Crippen LogP contribution in [0, 0.1) is 6.92 Å². The van der Waals surface area contributed by atoms with E-state index in [9.17, 15) is 0 Å². The largest absolute Gasteiger partial charge is 0.377 e. The second-order valence-electron chi connectivity index (χ2n) is 7.95. The number of aliphatic imine (C=N–C) groups is 1. The van der Waals surface area contributed by atoms with Gasteiger partial charge < -0.3 is 20.3 Å². The standard InChI is InChI=1S/C22H38N4O/c1-17(2)27-14-13-26-11-9-21(10-12-26)25-22(23-5)24-16-19(4)20-8-6-7-18(3)15-20/h6-8,15,17,19,21H,9-14,16H2,1-5H3,(H2,23,24,25). The second-order valence-corrected chi connectivity index (χ2v) is 7.95. The molecular weight excluding hydrogens is 336 g/mol. The molecule has 0 radical (unpaired) electrons. The molecule has 1 aromatic rings. The minimum Gasteiger partial charge on any atom is -0.377 e. The van der Waals surface area contributed by atoms with Gasteiger partial charge in [0.25, 0.3) is 0 Å². The molecule has 0 saturated carbocycles. The third kappa shape index (κ3) is 7.89. The van der Waals surface area contributed by atoms with Crippen LogP contribution in [0.15, 0.2) is 29.3 Å². The van der Waals surface area contributed by atoms with Gasteiger partial charge in [-0.05, 0) is 45.1 Å². The smallest absolute Gasteiger partial charge is 0.191 e. The maximum Gasteiger partial charge on any atom is 0.191 e. The average Bonchev–Trinajstić information content (AvgIpc) is 2.65. The van der Waals surface area contributed by atoms with E-state index in [1.165, 1.54) is 11.1 Å². The van der Waals surface area contributed by atoms with Crippen LogP contribution in [0.1, 0.15) is 50.7 Å². The van der Waals surface area contributed by atoms with Gasteiger partial charge in [0, 0.05) is 39.3 Å². The topological polar surface area (TPSA) is 48.9 Å². The van der Waals surface area contributed by atoms with Crippen LogP contribution in [0.4, 0.5) is 0 Å². The highest BCUT2D eigenvalue weighted by molar-refractivity contribution is 5.80. The minimum atomic E-state index is 0.320. The number of rotatable bonds is 8. The number of aryl methyl sites for hydroxylation is 1. The van der Waals surface area contributed by atoms with Gasteiger partial charge in [-0.2, -0.15) is 0 Å². The monoisotopic (exact) mass is 374 g/mol. The third-order valence-electron chi connectivity index (χ3n) is 5.20. The van der Waals surface area contributed by atoms with Crippen molar-refractivity contribution < 1.29 is 4.74 Å². The predicted octanol–water partition coefficient (Wildman–Crippen LogP) is 3.15. The summed E-state index contributed by atoms with van der Waals surface area (Å²) >= 11 is 0. The molecule has 1 aromatic carbocycles. The number of hydrogen-bond donors (Lipinski definition) is 2. The van der Waals surface area contributed by atoms with Gasteiger partial charge >= 0.3 is 0 Å². The average molecular weight is 375 g/mol. The highest BCUT2D eigenvalue weighted by Crippen LogP contribution is 2.15. The number of nitrogens with zero attached hydrogens (tertiary/aromatic N) is 2. The Kier molecular flexibility index (Phi) is 9.08. The van der Waals surface area contributed by atoms with Crippen LogP contribution in [0.5, 0.6) is 0 Å². The van der Waals surface area contributed by atoms with Crippen molar-refractivity contribution in [1.82, 2.24) is 15.5 Å². The predicted molar refractivity (Wildman–Crippen MR) is 115 cm³/mol.